The van der Waals surface area contributed by atoms with Crippen LogP contribution in [0.1, 0.15) is 5.56 Å². The summed E-state index contributed by atoms with van der Waals surface area (Å²) in [7, 11) is 0. The molecule has 0 spiro atoms. The number of nitrogens with one attached hydrogen (secondary N) is 1. The van der Waals surface area contributed by atoms with Gasteiger partial charge >= 0.3 is 5.97 Å². The van der Waals surface area contributed by atoms with Gasteiger partial charge in [-0.15, -0.1) is 0 Å². The van der Waals surface area contributed by atoms with Gasteiger partial charge in [-0.3, -0.25) is 10.1 Å². The second-order valence-electron chi connectivity index (χ2n) is 3.08. The molecule has 0 aromatic heterocycles. The van der Waals surface area contributed by atoms with Crippen LogP contribution in [-0.4, -0.2) is 22.9 Å². The van der Waals surface area contributed by atoms with E-state index in [0.717, 1.165) is 5.56 Å². The molecule has 1 rings (SSSR count). The van der Waals surface area contributed by atoms with E-state index in [2.05, 4.69) is 17.9 Å². The van der Waals surface area contributed by atoms with Gasteiger partial charge in [0.2, 0.25) is 0 Å². The van der Waals surface area contributed by atoms with Gasteiger partial charge < -0.3 is 5.11 Å². The standard InChI is InChI=1S/C10H12FNO2S/c11-8-3-1-7(2-4-8)5-12-9(6-15)10(13)14/h1-4,9,12,15H,5-6H2,(H,13,14)/t9-/m0/s1. The molecule has 1 aromatic rings. The minimum atomic E-state index is -0.938. The molecule has 0 aliphatic heterocycles. The third kappa shape index (κ3) is 3.89. The normalized spacial score (nSPS) is 12.4. The smallest absolute Gasteiger partial charge is 0.321 e. The maximum Gasteiger partial charge on any atom is 0.321 e. The van der Waals surface area contributed by atoms with E-state index in [1.165, 1.54) is 12.1 Å². The monoisotopic (exact) mass is 229 g/mol. The molecular weight excluding hydrogens is 217 g/mol. The highest BCUT2D eigenvalue weighted by molar-refractivity contribution is 7.80. The number of carbonyl (C=O) groups is 1. The van der Waals surface area contributed by atoms with Crippen LogP contribution in [0, 0.1) is 5.82 Å². The van der Waals surface area contributed by atoms with Crippen LogP contribution in [0.25, 0.3) is 0 Å². The Bertz CT molecular complexity index is 329. The van der Waals surface area contributed by atoms with Crippen LogP contribution in [0.15, 0.2) is 24.3 Å². The van der Waals surface area contributed by atoms with Crippen molar-refractivity contribution in [3.05, 3.63) is 35.6 Å². The predicted octanol–water partition coefficient (Wildman–Crippen LogP) is 1.30. The number of carboxylic acid groups (broad SMARTS) is 1. The molecule has 0 bridgehead atoms. The largest absolute Gasteiger partial charge is 0.480 e. The summed E-state index contributed by atoms with van der Waals surface area (Å²) < 4.78 is 12.6. The number of halogens is 1. The molecule has 0 unspecified atom stereocenters. The molecule has 2 N–H and O–H groups in total. The Morgan fingerprint density at radius 3 is 2.53 bits per heavy atom. The Kier molecular flexibility index (Phi) is 4.58. The number of hydrogen-bond acceptors (Lipinski definition) is 3. The van der Waals surface area contributed by atoms with Crippen molar-refractivity contribution in [2.45, 2.75) is 12.6 Å². The summed E-state index contributed by atoms with van der Waals surface area (Å²) in [4.78, 5) is 10.6. The zero-order valence-corrected chi connectivity index (χ0v) is 8.88. The number of hydrogen-bond donors (Lipinski definition) is 3. The molecule has 3 nitrogen and oxygen atoms in total. The number of rotatable bonds is 5. The first-order valence-electron chi connectivity index (χ1n) is 4.45. The molecule has 15 heavy (non-hydrogen) atoms. The van der Waals surface area contributed by atoms with Crippen LogP contribution in [0.5, 0.6) is 0 Å². The van der Waals surface area contributed by atoms with E-state index in [1.54, 1.807) is 12.1 Å². The molecule has 0 fully saturated rings. The van der Waals surface area contributed by atoms with E-state index in [-0.39, 0.29) is 11.6 Å². The van der Waals surface area contributed by atoms with E-state index in [9.17, 15) is 9.18 Å². The first-order chi connectivity index (χ1) is 7.13. The van der Waals surface area contributed by atoms with Gasteiger partial charge in [0.05, 0.1) is 0 Å². The third-order valence-corrected chi connectivity index (χ3v) is 2.31. The van der Waals surface area contributed by atoms with Crippen molar-refractivity contribution >= 4 is 18.6 Å². The van der Waals surface area contributed by atoms with Gasteiger partial charge in [0.25, 0.3) is 0 Å². The van der Waals surface area contributed by atoms with E-state index in [0.29, 0.717) is 6.54 Å². The molecule has 0 saturated heterocycles. The summed E-state index contributed by atoms with van der Waals surface area (Å²) in [5.41, 5.74) is 0.837. The minimum Gasteiger partial charge on any atom is -0.480 e. The van der Waals surface area contributed by atoms with Gasteiger partial charge in [0.1, 0.15) is 11.9 Å². The zero-order valence-electron chi connectivity index (χ0n) is 7.98. The lowest BCUT2D eigenvalue weighted by atomic mass is 10.2. The molecule has 5 heteroatoms. The average Bonchev–Trinajstić information content (AvgIpc) is 2.21. The Morgan fingerprint density at radius 2 is 2.07 bits per heavy atom. The van der Waals surface area contributed by atoms with E-state index in [1.807, 2.05) is 0 Å². The van der Waals surface area contributed by atoms with E-state index >= 15 is 0 Å². The van der Waals surface area contributed by atoms with Crippen LogP contribution in [-0.2, 0) is 11.3 Å². The van der Waals surface area contributed by atoms with Crippen molar-refractivity contribution in [1.82, 2.24) is 5.32 Å². The van der Waals surface area contributed by atoms with Crippen molar-refractivity contribution in [2.75, 3.05) is 5.75 Å². The first-order valence-corrected chi connectivity index (χ1v) is 5.08. The molecule has 0 radical (unpaired) electrons. The van der Waals surface area contributed by atoms with Crippen molar-refractivity contribution in [1.29, 1.82) is 0 Å². The van der Waals surface area contributed by atoms with Crippen molar-refractivity contribution < 1.29 is 14.3 Å². The Morgan fingerprint density at radius 1 is 1.47 bits per heavy atom. The summed E-state index contributed by atoms with van der Waals surface area (Å²) in [6.07, 6.45) is 0. The van der Waals surface area contributed by atoms with Crippen molar-refractivity contribution in [3.8, 4) is 0 Å². The number of carboxylic acids is 1. The van der Waals surface area contributed by atoms with Gasteiger partial charge in [0.15, 0.2) is 0 Å². The van der Waals surface area contributed by atoms with Gasteiger partial charge in [-0.2, -0.15) is 12.6 Å². The fraction of sp³-hybridized carbons (Fsp3) is 0.300. The molecule has 82 valence electrons. The lowest BCUT2D eigenvalue weighted by molar-refractivity contribution is -0.138. The fourth-order valence-corrected chi connectivity index (χ4v) is 1.36. The van der Waals surface area contributed by atoms with Crippen molar-refractivity contribution in [3.63, 3.8) is 0 Å². The van der Waals surface area contributed by atoms with Gasteiger partial charge in [-0.1, -0.05) is 12.1 Å². The first kappa shape index (κ1) is 12.0. The topological polar surface area (TPSA) is 49.3 Å². The maximum atomic E-state index is 12.6. The fourth-order valence-electron chi connectivity index (χ4n) is 1.07. The summed E-state index contributed by atoms with van der Waals surface area (Å²) in [6.45, 7) is 0.387. The third-order valence-electron chi connectivity index (χ3n) is 1.95. The van der Waals surface area contributed by atoms with Crippen molar-refractivity contribution in [2.24, 2.45) is 0 Å². The second kappa shape index (κ2) is 5.72. The van der Waals surface area contributed by atoms with Crippen LogP contribution < -0.4 is 5.32 Å². The quantitative estimate of drug-likeness (QED) is 0.667. The Balaban J connectivity index is 2.49. The molecule has 0 aliphatic rings. The van der Waals surface area contributed by atoms with Gasteiger partial charge in [-0.05, 0) is 17.7 Å². The molecule has 0 saturated carbocycles. The van der Waals surface area contributed by atoms with Crippen LogP contribution in [0.2, 0.25) is 0 Å². The highest BCUT2D eigenvalue weighted by atomic mass is 32.1. The van der Waals surface area contributed by atoms with E-state index in [4.69, 9.17) is 5.11 Å². The number of aliphatic carboxylic acids is 1. The Labute approximate surface area is 92.7 Å². The highest BCUT2D eigenvalue weighted by Crippen LogP contribution is 2.02. The summed E-state index contributed by atoms with van der Waals surface area (Å²) in [5.74, 6) is -1.02. The van der Waals surface area contributed by atoms with E-state index < -0.39 is 12.0 Å². The van der Waals surface area contributed by atoms with Crippen LogP contribution >= 0.6 is 12.6 Å². The maximum absolute atomic E-state index is 12.6. The minimum absolute atomic E-state index is 0.219. The van der Waals surface area contributed by atoms with Crippen LogP contribution in [0.4, 0.5) is 4.39 Å². The lowest BCUT2D eigenvalue weighted by Crippen LogP contribution is -2.37. The van der Waals surface area contributed by atoms with Gasteiger partial charge in [0, 0.05) is 12.3 Å². The molecule has 0 aliphatic carbocycles. The summed E-state index contributed by atoms with van der Waals surface area (Å²) in [5, 5.41) is 11.5. The molecule has 0 amide bonds. The molecule has 1 atom stereocenters. The predicted molar refractivity (Wildman–Crippen MR) is 58.5 cm³/mol. The van der Waals surface area contributed by atoms with Gasteiger partial charge in [-0.25, -0.2) is 4.39 Å². The van der Waals surface area contributed by atoms with Crippen LogP contribution in [0.3, 0.4) is 0 Å². The zero-order chi connectivity index (χ0) is 11.3. The number of thiol groups is 1. The molecule has 0 heterocycles. The Hall–Kier alpha value is -1.07. The molecule has 1 aromatic carbocycles. The summed E-state index contributed by atoms with van der Waals surface area (Å²) >= 11 is 3.91. The summed E-state index contributed by atoms with van der Waals surface area (Å²) in [6, 6.07) is 5.22. The lowest BCUT2D eigenvalue weighted by Gasteiger charge is -2.11. The molecular formula is C10H12FNO2S. The average molecular weight is 229 g/mol. The SMILES string of the molecule is O=C(O)[C@H](CS)NCc1ccc(F)cc1. The second-order valence-corrected chi connectivity index (χ2v) is 3.45. The highest BCUT2D eigenvalue weighted by Gasteiger charge is 2.13. The number of benzene rings is 1.